The number of anilines is 1. The molecule has 0 spiro atoms. The summed E-state index contributed by atoms with van der Waals surface area (Å²) in [6, 6.07) is 4.06. The summed E-state index contributed by atoms with van der Waals surface area (Å²) in [5, 5.41) is 4.62. The number of methoxy groups -OCH3 is 1. The number of pyridine rings is 1. The van der Waals surface area contributed by atoms with Crippen molar-refractivity contribution in [2.24, 2.45) is 0 Å². The molecule has 0 amide bonds. The number of rotatable bonds is 3. The lowest BCUT2D eigenvalue weighted by Crippen LogP contribution is -2.04. The number of hydrogen-bond donors (Lipinski definition) is 1. The average Bonchev–Trinajstić information content (AvgIpc) is 2.35. The van der Waals surface area contributed by atoms with E-state index in [4.69, 9.17) is 4.74 Å². The van der Waals surface area contributed by atoms with Gasteiger partial charge >= 0.3 is 0 Å². The molecule has 1 heterocycles. The van der Waals surface area contributed by atoms with Gasteiger partial charge < -0.3 is 10.1 Å². The van der Waals surface area contributed by atoms with Crippen LogP contribution in [0.1, 0.15) is 23.7 Å². The fraction of sp³-hybridized carbons (Fsp3) is 0.400. The Balaban J connectivity index is 2.90. The Kier molecular flexibility index (Phi) is 3.41. The first kappa shape index (κ1) is 12.7. The number of ether oxygens (including phenoxy) is 1. The van der Waals surface area contributed by atoms with Crippen LogP contribution in [0.2, 0.25) is 0 Å². The first-order valence-electron chi connectivity index (χ1n) is 6.28. The molecule has 0 atom stereocenters. The number of fused-ring (bicyclic) bond motifs is 1. The molecule has 1 aromatic heterocycles. The summed E-state index contributed by atoms with van der Waals surface area (Å²) in [7, 11) is 1.69. The maximum absolute atomic E-state index is 5.42. The van der Waals surface area contributed by atoms with Crippen LogP contribution in [0.3, 0.4) is 0 Å². The summed E-state index contributed by atoms with van der Waals surface area (Å²) < 4.78 is 5.42. The molecule has 0 aliphatic heterocycles. The fourth-order valence-corrected chi connectivity index (χ4v) is 2.28. The van der Waals surface area contributed by atoms with Crippen molar-refractivity contribution in [2.75, 3.05) is 19.0 Å². The van der Waals surface area contributed by atoms with Crippen LogP contribution in [0, 0.1) is 20.8 Å². The lowest BCUT2D eigenvalue weighted by molar-refractivity contribution is 0.419. The summed E-state index contributed by atoms with van der Waals surface area (Å²) in [6.07, 6.45) is 0. The normalized spacial score (nSPS) is 10.7. The van der Waals surface area contributed by atoms with Crippen LogP contribution >= 0.6 is 0 Å². The molecule has 0 aliphatic carbocycles. The molecule has 0 bridgehead atoms. The van der Waals surface area contributed by atoms with Crippen LogP contribution in [-0.2, 0) is 0 Å². The smallest absolute Gasteiger partial charge is 0.145 e. The van der Waals surface area contributed by atoms with Crippen molar-refractivity contribution in [2.45, 2.75) is 27.7 Å². The molecule has 3 heteroatoms. The van der Waals surface area contributed by atoms with Crippen LogP contribution in [0.25, 0.3) is 10.9 Å². The zero-order valence-electron chi connectivity index (χ0n) is 11.7. The lowest BCUT2D eigenvalue weighted by Gasteiger charge is -2.16. The van der Waals surface area contributed by atoms with E-state index in [9.17, 15) is 0 Å². The van der Waals surface area contributed by atoms with Crippen molar-refractivity contribution in [3.8, 4) is 5.75 Å². The van der Waals surface area contributed by atoms with Crippen molar-refractivity contribution in [1.82, 2.24) is 4.98 Å². The third-order valence-corrected chi connectivity index (χ3v) is 3.37. The third-order valence-electron chi connectivity index (χ3n) is 3.37. The highest BCUT2D eigenvalue weighted by Gasteiger charge is 2.14. The second-order valence-corrected chi connectivity index (χ2v) is 4.54. The molecule has 2 aromatic rings. The van der Waals surface area contributed by atoms with E-state index in [-0.39, 0.29) is 0 Å². The quantitative estimate of drug-likeness (QED) is 0.895. The first-order chi connectivity index (χ1) is 8.60. The van der Waals surface area contributed by atoms with Gasteiger partial charge in [-0.1, -0.05) is 6.07 Å². The molecular weight excluding hydrogens is 224 g/mol. The molecule has 96 valence electrons. The summed E-state index contributed by atoms with van der Waals surface area (Å²) in [5.41, 5.74) is 5.59. The topological polar surface area (TPSA) is 34.2 Å². The van der Waals surface area contributed by atoms with Gasteiger partial charge in [0.05, 0.1) is 7.11 Å². The van der Waals surface area contributed by atoms with E-state index in [2.05, 4.69) is 37.1 Å². The van der Waals surface area contributed by atoms with Crippen LogP contribution in [0.4, 0.5) is 5.69 Å². The summed E-state index contributed by atoms with van der Waals surface area (Å²) >= 11 is 0. The van der Waals surface area contributed by atoms with Crippen molar-refractivity contribution in [1.29, 1.82) is 0 Å². The van der Waals surface area contributed by atoms with E-state index < -0.39 is 0 Å². The molecule has 2 rings (SSSR count). The van der Waals surface area contributed by atoms with Gasteiger partial charge in [0.1, 0.15) is 11.3 Å². The monoisotopic (exact) mass is 244 g/mol. The van der Waals surface area contributed by atoms with Crippen molar-refractivity contribution in [3.63, 3.8) is 0 Å². The Hall–Kier alpha value is -1.77. The van der Waals surface area contributed by atoms with Crippen molar-refractivity contribution >= 4 is 16.6 Å². The van der Waals surface area contributed by atoms with Gasteiger partial charge in [-0.2, -0.15) is 0 Å². The van der Waals surface area contributed by atoms with E-state index in [1.165, 1.54) is 22.2 Å². The van der Waals surface area contributed by atoms with Crippen molar-refractivity contribution < 1.29 is 4.74 Å². The molecule has 1 aromatic carbocycles. The SMILES string of the molecule is CCNc1c(C)c(C)nc2c(OC)ccc(C)c12. The molecule has 3 nitrogen and oxygen atoms in total. The second-order valence-electron chi connectivity index (χ2n) is 4.54. The summed E-state index contributed by atoms with van der Waals surface area (Å²) in [4.78, 5) is 4.68. The van der Waals surface area contributed by atoms with E-state index in [1.807, 2.05) is 13.0 Å². The third kappa shape index (κ3) is 1.90. The fourth-order valence-electron chi connectivity index (χ4n) is 2.28. The number of nitrogens with zero attached hydrogens (tertiary/aromatic N) is 1. The van der Waals surface area contributed by atoms with Crippen LogP contribution in [-0.4, -0.2) is 18.6 Å². The lowest BCUT2D eigenvalue weighted by atomic mass is 10.0. The Morgan fingerprint density at radius 3 is 2.56 bits per heavy atom. The van der Waals surface area contributed by atoms with Gasteiger partial charge in [-0.05, 0) is 44.9 Å². The first-order valence-corrected chi connectivity index (χ1v) is 6.28. The highest BCUT2D eigenvalue weighted by Crippen LogP contribution is 2.35. The van der Waals surface area contributed by atoms with E-state index in [0.29, 0.717) is 0 Å². The molecule has 0 unspecified atom stereocenters. The Morgan fingerprint density at radius 1 is 1.22 bits per heavy atom. The van der Waals surface area contributed by atoms with Gasteiger partial charge in [-0.3, -0.25) is 0 Å². The molecule has 1 N–H and O–H groups in total. The molecule has 0 saturated heterocycles. The number of hydrogen-bond acceptors (Lipinski definition) is 3. The van der Waals surface area contributed by atoms with Gasteiger partial charge in [-0.25, -0.2) is 4.98 Å². The minimum atomic E-state index is 0.831. The minimum Gasteiger partial charge on any atom is -0.494 e. The molecule has 0 fully saturated rings. The van der Waals surface area contributed by atoms with E-state index in [1.54, 1.807) is 7.11 Å². The predicted molar refractivity (Wildman–Crippen MR) is 76.7 cm³/mol. The number of aryl methyl sites for hydroxylation is 2. The Morgan fingerprint density at radius 2 is 1.94 bits per heavy atom. The largest absolute Gasteiger partial charge is 0.494 e. The van der Waals surface area contributed by atoms with Gasteiger partial charge in [0.15, 0.2) is 0 Å². The maximum atomic E-state index is 5.42. The zero-order chi connectivity index (χ0) is 13.3. The van der Waals surface area contributed by atoms with Gasteiger partial charge in [0.2, 0.25) is 0 Å². The van der Waals surface area contributed by atoms with E-state index >= 15 is 0 Å². The summed E-state index contributed by atoms with van der Waals surface area (Å²) in [6.45, 7) is 9.27. The zero-order valence-corrected chi connectivity index (χ0v) is 11.7. The van der Waals surface area contributed by atoms with Gasteiger partial charge in [0, 0.05) is 23.3 Å². The van der Waals surface area contributed by atoms with Crippen molar-refractivity contribution in [3.05, 3.63) is 29.0 Å². The van der Waals surface area contributed by atoms with Gasteiger partial charge in [0.25, 0.3) is 0 Å². The standard InChI is InChI=1S/C15H20N2O/c1-6-16-14-10(3)11(4)17-15-12(18-5)8-7-9(2)13(14)15/h7-8H,6H2,1-5H3,(H,16,17). The molecule has 0 radical (unpaired) electrons. The number of benzene rings is 1. The molecule has 0 saturated carbocycles. The minimum absolute atomic E-state index is 0.831. The highest BCUT2D eigenvalue weighted by atomic mass is 16.5. The summed E-state index contributed by atoms with van der Waals surface area (Å²) in [5.74, 6) is 0.831. The van der Waals surface area contributed by atoms with Crippen LogP contribution in [0.5, 0.6) is 5.75 Å². The maximum Gasteiger partial charge on any atom is 0.145 e. The van der Waals surface area contributed by atoms with Gasteiger partial charge in [-0.15, -0.1) is 0 Å². The number of aromatic nitrogens is 1. The van der Waals surface area contributed by atoms with Crippen LogP contribution < -0.4 is 10.1 Å². The Bertz CT molecular complexity index is 591. The average molecular weight is 244 g/mol. The predicted octanol–water partition coefficient (Wildman–Crippen LogP) is 3.60. The molecule has 18 heavy (non-hydrogen) atoms. The number of nitrogens with one attached hydrogen (secondary N) is 1. The highest BCUT2D eigenvalue weighted by molar-refractivity contribution is 5.99. The molecule has 0 aliphatic rings. The van der Waals surface area contributed by atoms with Crippen LogP contribution in [0.15, 0.2) is 12.1 Å². The Labute approximate surface area is 108 Å². The second kappa shape index (κ2) is 4.84. The van der Waals surface area contributed by atoms with E-state index in [0.717, 1.165) is 23.5 Å². The molecular formula is C15H20N2O.